The van der Waals surface area contributed by atoms with E-state index in [1.54, 1.807) is 11.8 Å². The zero-order chi connectivity index (χ0) is 30.1. The molecule has 6 rings (SSSR count). The van der Waals surface area contributed by atoms with Gasteiger partial charge in [0.1, 0.15) is 18.2 Å². The minimum atomic E-state index is -4.75. The molecular weight excluding hydrogens is 597 g/mol. The van der Waals surface area contributed by atoms with Crippen LogP contribution in [0, 0.1) is 0 Å². The molecule has 1 fully saturated rings. The summed E-state index contributed by atoms with van der Waals surface area (Å²) >= 11 is 7.11. The van der Waals surface area contributed by atoms with Crippen molar-refractivity contribution in [2.75, 3.05) is 10.7 Å². The number of halogens is 3. The number of amidine groups is 1. The first-order valence-corrected chi connectivity index (χ1v) is 14.7. The Morgan fingerprint density at radius 3 is 2.58 bits per heavy atom. The Kier molecular flexibility index (Phi) is 7.95. The summed E-state index contributed by atoms with van der Waals surface area (Å²) in [5.74, 6) is 1.33. The van der Waals surface area contributed by atoms with Crippen molar-refractivity contribution in [1.82, 2.24) is 20.2 Å². The molecule has 2 aliphatic rings. The lowest BCUT2D eigenvalue weighted by molar-refractivity contribution is -0.274. The average Bonchev–Trinajstić information content (AvgIpc) is 3.64. The van der Waals surface area contributed by atoms with Gasteiger partial charge in [-0.2, -0.15) is 4.99 Å². The number of allylic oxidation sites excluding steroid dienone is 1. The summed E-state index contributed by atoms with van der Waals surface area (Å²) in [4.78, 5) is 16.9. The predicted molar refractivity (Wildman–Crippen MR) is 164 cm³/mol. The molecule has 2 unspecified atom stereocenters. The van der Waals surface area contributed by atoms with E-state index in [9.17, 15) is 13.2 Å². The maximum Gasteiger partial charge on any atom is 0.573 e. The van der Waals surface area contributed by atoms with E-state index >= 15 is 0 Å². The van der Waals surface area contributed by atoms with E-state index in [-0.39, 0.29) is 17.0 Å². The summed E-state index contributed by atoms with van der Waals surface area (Å²) in [6.45, 7) is 4.09. The minimum Gasteiger partial charge on any atom is -0.406 e. The third-order valence-electron chi connectivity index (χ3n) is 6.92. The highest BCUT2D eigenvalue weighted by Gasteiger charge is 2.33. The first kappa shape index (κ1) is 28.9. The van der Waals surface area contributed by atoms with E-state index in [2.05, 4.69) is 55.3 Å². The number of para-hydroxylation sites is 1. The molecule has 0 amide bonds. The van der Waals surface area contributed by atoms with Crippen molar-refractivity contribution < 1.29 is 22.7 Å². The largest absolute Gasteiger partial charge is 0.573 e. The average molecular weight is 623 g/mol. The zero-order valence-corrected chi connectivity index (χ0v) is 24.6. The van der Waals surface area contributed by atoms with Gasteiger partial charge in [-0.1, -0.05) is 67.2 Å². The number of ether oxygens (including phenoxy) is 1. The smallest absolute Gasteiger partial charge is 0.406 e. The number of thioether (sulfide) groups is 1. The Bertz CT molecular complexity index is 1700. The maximum atomic E-state index is 12.4. The number of rotatable bonds is 6. The van der Waals surface area contributed by atoms with Crippen molar-refractivity contribution in [1.29, 1.82) is 0 Å². The van der Waals surface area contributed by atoms with Crippen molar-refractivity contribution in [2.24, 2.45) is 4.99 Å². The minimum absolute atomic E-state index is 0.232. The summed E-state index contributed by atoms with van der Waals surface area (Å²) in [5.41, 5.74) is 8.59. The van der Waals surface area contributed by atoms with Crippen molar-refractivity contribution >= 4 is 39.9 Å². The summed E-state index contributed by atoms with van der Waals surface area (Å²) < 4.78 is 42.6. The van der Waals surface area contributed by atoms with Crippen molar-refractivity contribution in [2.45, 2.75) is 32.2 Å². The summed E-state index contributed by atoms with van der Waals surface area (Å²) in [6, 6.07) is 21.2. The number of hydrogen-bond donors (Lipinski definition) is 1. The van der Waals surface area contributed by atoms with E-state index in [1.807, 2.05) is 43.3 Å². The summed E-state index contributed by atoms with van der Waals surface area (Å²) in [7, 11) is 0. The molecule has 2 atom stereocenters. The standard InChI is InChI=1S/C30H25F3N6O2S2/c1-18-15-23-16-43-29(39(23)26-6-4-3-5-25(18)26)35-28(42)37-41-19(2)20-7-9-21(10-8-20)27-34-17-38(36-27)22-11-13-24(14-12-22)40-30(31,32)33/h3-15,17-19H,16H2,1-2H3,(H,37,42)/b35-29-. The number of anilines is 1. The van der Waals surface area contributed by atoms with Crippen LogP contribution in [0.25, 0.3) is 17.1 Å². The molecule has 1 saturated heterocycles. The maximum absolute atomic E-state index is 12.4. The molecule has 220 valence electrons. The molecule has 2 aliphatic heterocycles. The van der Waals surface area contributed by atoms with E-state index < -0.39 is 6.36 Å². The van der Waals surface area contributed by atoms with Crippen LogP contribution in [0.2, 0.25) is 0 Å². The van der Waals surface area contributed by atoms with Gasteiger partial charge in [-0.15, -0.1) is 18.3 Å². The number of alkyl halides is 3. The molecule has 0 radical (unpaired) electrons. The second kappa shape index (κ2) is 11.8. The van der Waals surface area contributed by atoms with Gasteiger partial charge in [-0.3, -0.25) is 9.74 Å². The molecule has 1 aromatic heterocycles. The Labute approximate surface area is 255 Å². The Morgan fingerprint density at radius 1 is 1.09 bits per heavy atom. The first-order valence-electron chi connectivity index (χ1n) is 13.3. The molecule has 0 spiro atoms. The SMILES string of the molecule is CC1C=C2CS/C(=N\C(=S)NOC(C)c3ccc(-c4ncn(-c5ccc(OC(F)(F)F)cc5)n4)cc3)N2c2ccccc21. The molecule has 0 bridgehead atoms. The third-order valence-corrected chi connectivity index (χ3v) is 8.07. The van der Waals surface area contributed by atoms with E-state index in [4.69, 9.17) is 17.1 Å². The predicted octanol–water partition coefficient (Wildman–Crippen LogP) is 7.31. The molecule has 43 heavy (non-hydrogen) atoms. The van der Waals surface area contributed by atoms with Gasteiger partial charge in [0.15, 0.2) is 11.0 Å². The molecule has 0 aliphatic carbocycles. The van der Waals surface area contributed by atoms with Crippen LogP contribution < -0.4 is 15.1 Å². The molecule has 1 N–H and O–H groups in total. The highest BCUT2D eigenvalue weighted by molar-refractivity contribution is 8.14. The van der Waals surface area contributed by atoms with Crippen LogP contribution in [0.3, 0.4) is 0 Å². The van der Waals surface area contributed by atoms with Gasteiger partial charge in [-0.25, -0.2) is 15.1 Å². The van der Waals surface area contributed by atoms with Crippen molar-refractivity contribution in [3.05, 3.63) is 102 Å². The second-order valence-electron chi connectivity index (χ2n) is 9.87. The highest BCUT2D eigenvalue weighted by atomic mass is 32.2. The monoisotopic (exact) mass is 622 g/mol. The van der Waals surface area contributed by atoms with Crippen LogP contribution in [0.5, 0.6) is 5.75 Å². The van der Waals surface area contributed by atoms with Gasteiger partial charge in [0, 0.05) is 22.9 Å². The van der Waals surface area contributed by atoms with Crippen LogP contribution in [0.4, 0.5) is 18.9 Å². The number of benzene rings is 3. The van der Waals surface area contributed by atoms with E-state index in [0.717, 1.165) is 27.7 Å². The lowest BCUT2D eigenvalue weighted by Gasteiger charge is -2.29. The van der Waals surface area contributed by atoms with Gasteiger partial charge in [0.2, 0.25) is 5.11 Å². The normalized spacial score (nSPS) is 17.7. The fourth-order valence-electron chi connectivity index (χ4n) is 4.85. The fraction of sp³-hybridized carbons (Fsp3) is 0.200. The Morgan fingerprint density at radius 2 is 1.84 bits per heavy atom. The van der Waals surface area contributed by atoms with Gasteiger partial charge in [0.05, 0.1) is 11.4 Å². The molecule has 3 heterocycles. The number of fused-ring (bicyclic) bond motifs is 3. The summed E-state index contributed by atoms with van der Waals surface area (Å²) in [5, 5.41) is 5.48. The van der Waals surface area contributed by atoms with Crippen LogP contribution in [-0.2, 0) is 4.84 Å². The van der Waals surface area contributed by atoms with Crippen molar-refractivity contribution in [3.8, 4) is 22.8 Å². The van der Waals surface area contributed by atoms with Gasteiger partial charge in [0.25, 0.3) is 0 Å². The van der Waals surface area contributed by atoms with Crippen molar-refractivity contribution in [3.63, 3.8) is 0 Å². The Balaban J connectivity index is 1.06. The summed E-state index contributed by atoms with van der Waals surface area (Å²) in [6.07, 6.45) is -1.32. The molecular formula is C30H25F3N6O2S2. The van der Waals surface area contributed by atoms with Gasteiger partial charge >= 0.3 is 6.36 Å². The van der Waals surface area contributed by atoms with E-state index in [0.29, 0.717) is 17.4 Å². The number of aliphatic imine (C=N–C) groups is 1. The quantitative estimate of drug-likeness (QED) is 0.177. The molecule has 3 aromatic carbocycles. The lowest BCUT2D eigenvalue weighted by atomic mass is 9.94. The number of nitrogens with zero attached hydrogens (tertiary/aromatic N) is 5. The van der Waals surface area contributed by atoms with Crippen LogP contribution >= 0.6 is 24.0 Å². The van der Waals surface area contributed by atoms with Crippen LogP contribution in [0.15, 0.2) is 95.9 Å². The van der Waals surface area contributed by atoms with E-state index in [1.165, 1.54) is 46.5 Å². The van der Waals surface area contributed by atoms with Gasteiger partial charge < -0.3 is 4.74 Å². The Hall–Kier alpha value is -4.20. The first-order chi connectivity index (χ1) is 20.6. The number of hydrogen-bond acceptors (Lipinski definition) is 6. The topological polar surface area (TPSA) is 76.8 Å². The second-order valence-corrected chi connectivity index (χ2v) is 11.2. The van der Waals surface area contributed by atoms with Crippen LogP contribution in [0.1, 0.15) is 37.0 Å². The number of nitrogens with one attached hydrogen (secondary N) is 1. The molecule has 4 aromatic rings. The number of aromatic nitrogens is 3. The molecule has 0 saturated carbocycles. The molecule has 13 heteroatoms. The molecule has 8 nitrogen and oxygen atoms in total. The fourth-order valence-corrected chi connectivity index (χ4v) is 6.04. The van der Waals surface area contributed by atoms with Crippen LogP contribution in [-0.4, -0.2) is 37.2 Å². The lowest BCUT2D eigenvalue weighted by Crippen LogP contribution is -2.29. The third kappa shape index (κ3) is 6.43. The van der Waals surface area contributed by atoms with Gasteiger partial charge in [-0.05, 0) is 60.6 Å². The highest BCUT2D eigenvalue weighted by Crippen LogP contribution is 2.42. The zero-order valence-electron chi connectivity index (χ0n) is 22.9. The number of thiocarbonyl (C=S) groups is 1. The number of hydroxylamine groups is 1.